The summed E-state index contributed by atoms with van der Waals surface area (Å²) in [6.45, 7) is 0. The number of anilines is 1. The highest BCUT2D eigenvalue weighted by molar-refractivity contribution is 5.78. The Hall–Kier alpha value is -2.03. The molecule has 3 nitrogen and oxygen atoms in total. The molecule has 0 amide bonds. The van der Waals surface area contributed by atoms with Gasteiger partial charge in [0.15, 0.2) is 0 Å². The van der Waals surface area contributed by atoms with Crippen molar-refractivity contribution in [3.8, 4) is 0 Å². The first-order chi connectivity index (χ1) is 7.36. The van der Waals surface area contributed by atoms with Crippen molar-refractivity contribution in [1.29, 1.82) is 0 Å². The van der Waals surface area contributed by atoms with Gasteiger partial charge in [-0.3, -0.25) is 5.43 Å². The van der Waals surface area contributed by atoms with Gasteiger partial charge in [-0.15, -0.1) is 0 Å². The van der Waals surface area contributed by atoms with Gasteiger partial charge in [0.1, 0.15) is 0 Å². The van der Waals surface area contributed by atoms with Gasteiger partial charge in [0.2, 0.25) is 0 Å². The molecule has 3 heteroatoms. The van der Waals surface area contributed by atoms with Gasteiger partial charge in [0.25, 0.3) is 0 Å². The van der Waals surface area contributed by atoms with Crippen LogP contribution in [-0.2, 0) is 7.05 Å². The van der Waals surface area contributed by atoms with Crippen molar-refractivity contribution in [2.45, 2.75) is 0 Å². The minimum atomic E-state index is 0.989. The molecule has 0 aliphatic carbocycles. The molecule has 1 heterocycles. The van der Waals surface area contributed by atoms with Gasteiger partial charge in [0.05, 0.1) is 17.6 Å². The number of benzene rings is 1. The first kappa shape index (κ1) is 9.52. The van der Waals surface area contributed by atoms with Gasteiger partial charge in [-0.1, -0.05) is 18.2 Å². The van der Waals surface area contributed by atoms with Crippen molar-refractivity contribution < 1.29 is 0 Å². The van der Waals surface area contributed by atoms with E-state index in [1.54, 1.807) is 6.21 Å². The Kier molecular flexibility index (Phi) is 2.83. The number of nitrogens with zero attached hydrogens (tertiary/aromatic N) is 2. The van der Waals surface area contributed by atoms with Crippen LogP contribution >= 0.6 is 0 Å². The van der Waals surface area contributed by atoms with Gasteiger partial charge in [-0.25, -0.2) is 0 Å². The molecule has 0 fully saturated rings. The summed E-state index contributed by atoms with van der Waals surface area (Å²) >= 11 is 0. The van der Waals surface area contributed by atoms with Crippen LogP contribution in [0.1, 0.15) is 5.69 Å². The molecule has 76 valence electrons. The van der Waals surface area contributed by atoms with Crippen LogP contribution in [0, 0.1) is 0 Å². The van der Waals surface area contributed by atoms with E-state index >= 15 is 0 Å². The van der Waals surface area contributed by atoms with Gasteiger partial charge in [-0.2, -0.15) is 5.10 Å². The number of nitrogens with one attached hydrogen (secondary N) is 1. The zero-order valence-corrected chi connectivity index (χ0v) is 8.59. The summed E-state index contributed by atoms with van der Waals surface area (Å²) in [5.74, 6) is 0. The Morgan fingerprint density at radius 2 is 1.93 bits per heavy atom. The molecule has 0 bridgehead atoms. The van der Waals surface area contributed by atoms with E-state index in [-0.39, 0.29) is 0 Å². The van der Waals surface area contributed by atoms with Crippen LogP contribution in [0.25, 0.3) is 0 Å². The molecule has 2 aromatic rings. The molecule has 1 aromatic heterocycles. The molecule has 15 heavy (non-hydrogen) atoms. The van der Waals surface area contributed by atoms with Crippen molar-refractivity contribution in [3.63, 3.8) is 0 Å². The fourth-order valence-corrected chi connectivity index (χ4v) is 1.29. The largest absolute Gasteiger partial charge is 0.350 e. The summed E-state index contributed by atoms with van der Waals surface area (Å²) < 4.78 is 2.01. The highest BCUT2D eigenvalue weighted by Gasteiger charge is 1.90. The molecule has 0 radical (unpaired) electrons. The summed E-state index contributed by atoms with van der Waals surface area (Å²) in [5.41, 5.74) is 5.02. The number of rotatable bonds is 3. The van der Waals surface area contributed by atoms with E-state index in [9.17, 15) is 0 Å². The predicted octanol–water partition coefficient (Wildman–Crippen LogP) is 2.47. The lowest BCUT2D eigenvalue weighted by Gasteiger charge is -1.99. The van der Waals surface area contributed by atoms with E-state index in [4.69, 9.17) is 0 Å². The molecular formula is C12H13N3. The lowest BCUT2D eigenvalue weighted by atomic mass is 10.3. The molecule has 2 rings (SSSR count). The van der Waals surface area contributed by atoms with E-state index < -0.39 is 0 Å². The Bertz CT molecular complexity index is 443. The van der Waals surface area contributed by atoms with Gasteiger partial charge in [0, 0.05) is 13.2 Å². The van der Waals surface area contributed by atoms with E-state index in [1.807, 2.05) is 60.3 Å². The van der Waals surface area contributed by atoms with Crippen LogP contribution in [0.3, 0.4) is 0 Å². The van der Waals surface area contributed by atoms with Gasteiger partial charge in [-0.05, 0) is 24.3 Å². The van der Waals surface area contributed by atoms with Crippen LogP contribution in [0.5, 0.6) is 0 Å². The minimum Gasteiger partial charge on any atom is -0.350 e. The Morgan fingerprint density at radius 1 is 1.13 bits per heavy atom. The molecule has 0 aliphatic heterocycles. The molecule has 0 aliphatic rings. The SMILES string of the molecule is Cn1cccc1/C=N\Nc1ccccc1. The molecular weight excluding hydrogens is 186 g/mol. The summed E-state index contributed by atoms with van der Waals surface area (Å²) in [5, 5.41) is 4.15. The lowest BCUT2D eigenvalue weighted by molar-refractivity contribution is 0.918. The van der Waals surface area contributed by atoms with Crippen molar-refractivity contribution in [2.75, 3.05) is 5.43 Å². The summed E-state index contributed by atoms with van der Waals surface area (Å²) in [6, 6.07) is 13.9. The number of hydrogen-bond donors (Lipinski definition) is 1. The molecule has 0 spiro atoms. The third kappa shape index (κ3) is 2.47. The van der Waals surface area contributed by atoms with E-state index in [1.165, 1.54) is 0 Å². The average Bonchev–Trinajstić information content (AvgIpc) is 2.66. The summed E-state index contributed by atoms with van der Waals surface area (Å²) in [7, 11) is 1.99. The summed E-state index contributed by atoms with van der Waals surface area (Å²) in [6.07, 6.45) is 3.79. The normalized spacial score (nSPS) is 10.7. The van der Waals surface area contributed by atoms with Crippen LogP contribution in [0.4, 0.5) is 5.69 Å². The number of para-hydroxylation sites is 1. The Morgan fingerprint density at radius 3 is 2.60 bits per heavy atom. The molecule has 0 atom stereocenters. The number of hydrazone groups is 1. The molecule has 0 unspecified atom stereocenters. The zero-order chi connectivity index (χ0) is 10.5. The molecule has 1 aromatic carbocycles. The lowest BCUT2D eigenvalue weighted by Crippen LogP contribution is -1.95. The maximum atomic E-state index is 4.15. The molecule has 0 saturated carbocycles. The number of aryl methyl sites for hydroxylation is 1. The standard InChI is InChI=1S/C12H13N3/c1-15-9-5-8-12(15)10-13-14-11-6-3-2-4-7-11/h2-10,14H,1H3/b13-10-. The molecule has 0 saturated heterocycles. The topological polar surface area (TPSA) is 29.3 Å². The Labute approximate surface area is 89.1 Å². The third-order valence-electron chi connectivity index (χ3n) is 2.15. The fraction of sp³-hybridized carbons (Fsp3) is 0.0833. The average molecular weight is 199 g/mol. The van der Waals surface area contributed by atoms with Crippen LogP contribution in [0.15, 0.2) is 53.8 Å². The van der Waals surface area contributed by atoms with Gasteiger partial charge >= 0.3 is 0 Å². The quantitative estimate of drug-likeness (QED) is 0.597. The number of hydrogen-bond acceptors (Lipinski definition) is 2. The van der Waals surface area contributed by atoms with Gasteiger partial charge < -0.3 is 4.57 Å². The van der Waals surface area contributed by atoms with Crippen LogP contribution < -0.4 is 5.43 Å². The zero-order valence-electron chi connectivity index (χ0n) is 8.59. The van der Waals surface area contributed by atoms with Crippen molar-refractivity contribution in [3.05, 3.63) is 54.4 Å². The van der Waals surface area contributed by atoms with Crippen molar-refractivity contribution >= 4 is 11.9 Å². The maximum absolute atomic E-state index is 4.15. The highest BCUT2D eigenvalue weighted by Crippen LogP contribution is 2.04. The van der Waals surface area contributed by atoms with E-state index in [0.717, 1.165) is 11.4 Å². The monoisotopic (exact) mass is 199 g/mol. The second-order valence-corrected chi connectivity index (χ2v) is 3.28. The van der Waals surface area contributed by atoms with E-state index in [0.29, 0.717) is 0 Å². The van der Waals surface area contributed by atoms with Crippen LogP contribution in [-0.4, -0.2) is 10.8 Å². The van der Waals surface area contributed by atoms with Crippen LogP contribution in [0.2, 0.25) is 0 Å². The number of aromatic nitrogens is 1. The van der Waals surface area contributed by atoms with Crippen molar-refractivity contribution in [1.82, 2.24) is 4.57 Å². The first-order valence-corrected chi connectivity index (χ1v) is 4.82. The second kappa shape index (κ2) is 4.46. The predicted molar refractivity (Wildman–Crippen MR) is 63.1 cm³/mol. The smallest absolute Gasteiger partial charge is 0.0709 e. The third-order valence-corrected chi connectivity index (χ3v) is 2.15. The first-order valence-electron chi connectivity index (χ1n) is 4.82. The highest BCUT2D eigenvalue weighted by atomic mass is 15.3. The summed E-state index contributed by atoms with van der Waals surface area (Å²) in [4.78, 5) is 0. The second-order valence-electron chi connectivity index (χ2n) is 3.28. The fourth-order valence-electron chi connectivity index (χ4n) is 1.29. The maximum Gasteiger partial charge on any atom is 0.0709 e. The Balaban J connectivity index is 2.00. The van der Waals surface area contributed by atoms with E-state index in [2.05, 4.69) is 10.5 Å². The minimum absolute atomic E-state index is 0.989. The molecule has 1 N–H and O–H groups in total. The van der Waals surface area contributed by atoms with Crippen molar-refractivity contribution in [2.24, 2.45) is 12.1 Å².